The molecule has 0 N–H and O–H groups in total. The van der Waals surface area contributed by atoms with Crippen LogP contribution in [-0.4, -0.2) is 24.9 Å². The van der Waals surface area contributed by atoms with Crippen molar-refractivity contribution in [2.24, 2.45) is 0 Å². The lowest BCUT2D eigenvalue weighted by atomic mass is 10.0. The molecule has 1 aromatic carbocycles. The number of rotatable bonds is 19. The van der Waals surface area contributed by atoms with Gasteiger partial charge in [0.25, 0.3) is 0 Å². The molecule has 0 aromatic heterocycles. The number of hydrogen-bond donors (Lipinski definition) is 0. The van der Waals surface area contributed by atoms with Gasteiger partial charge in [0, 0.05) is 11.3 Å². The van der Waals surface area contributed by atoms with Gasteiger partial charge in [0.05, 0.1) is 0 Å². The molecule has 0 saturated carbocycles. The minimum Gasteiger partial charge on any atom is -0.428 e. The summed E-state index contributed by atoms with van der Waals surface area (Å²) in [7, 11) is 0. The standard InChI is InChI=1S/C25H40O5S/c1-2-3-4-5-6-7-8-9-10-11-12-13-17-20-24(26)28-21-29-25(27)30-22-31-23-18-15-14-16-19-23/h14-16,18-19H,2-13,17,20-22H2,1H3. The van der Waals surface area contributed by atoms with E-state index < -0.39 is 12.9 Å². The monoisotopic (exact) mass is 452 g/mol. The van der Waals surface area contributed by atoms with Crippen LogP contribution < -0.4 is 0 Å². The van der Waals surface area contributed by atoms with Gasteiger partial charge in [-0.25, -0.2) is 4.79 Å². The van der Waals surface area contributed by atoms with E-state index >= 15 is 0 Å². The first-order valence-electron chi connectivity index (χ1n) is 11.9. The first-order chi connectivity index (χ1) is 15.2. The molecular formula is C25H40O5S. The van der Waals surface area contributed by atoms with Crippen molar-refractivity contribution in [2.75, 3.05) is 12.7 Å². The van der Waals surface area contributed by atoms with Crippen molar-refractivity contribution in [3.63, 3.8) is 0 Å². The van der Waals surface area contributed by atoms with Gasteiger partial charge < -0.3 is 14.2 Å². The third-order valence-electron chi connectivity index (χ3n) is 5.03. The summed E-state index contributed by atoms with van der Waals surface area (Å²) in [4.78, 5) is 24.1. The Kier molecular flexibility index (Phi) is 17.8. The average Bonchev–Trinajstić information content (AvgIpc) is 2.77. The summed E-state index contributed by atoms with van der Waals surface area (Å²) in [6.45, 7) is 1.86. The van der Waals surface area contributed by atoms with Gasteiger partial charge in [-0.05, 0) is 18.6 Å². The van der Waals surface area contributed by atoms with Crippen LogP contribution in [0.1, 0.15) is 96.8 Å². The zero-order valence-corrected chi connectivity index (χ0v) is 20.0. The Hall–Kier alpha value is -1.69. The molecule has 6 heteroatoms. The lowest BCUT2D eigenvalue weighted by Crippen LogP contribution is -2.13. The second kappa shape index (κ2) is 20.2. The van der Waals surface area contributed by atoms with Crippen molar-refractivity contribution in [3.8, 4) is 0 Å². The van der Waals surface area contributed by atoms with E-state index in [4.69, 9.17) is 14.2 Å². The molecule has 0 aliphatic carbocycles. The molecule has 0 amide bonds. The minimum atomic E-state index is -0.836. The second-order valence-electron chi connectivity index (χ2n) is 7.74. The molecule has 0 spiro atoms. The fourth-order valence-electron chi connectivity index (χ4n) is 3.21. The molecule has 1 aromatic rings. The Morgan fingerprint density at radius 1 is 0.710 bits per heavy atom. The summed E-state index contributed by atoms with van der Waals surface area (Å²) in [5.74, 6) is -0.190. The van der Waals surface area contributed by atoms with Crippen LogP contribution in [0.25, 0.3) is 0 Å². The van der Waals surface area contributed by atoms with Gasteiger partial charge >= 0.3 is 12.1 Å². The van der Waals surface area contributed by atoms with E-state index in [1.807, 2.05) is 30.3 Å². The highest BCUT2D eigenvalue weighted by Gasteiger charge is 2.07. The SMILES string of the molecule is CCCCCCCCCCCCCCCC(=O)OCOC(=O)OCSc1ccccc1. The first kappa shape index (κ1) is 27.3. The number of thioether (sulfide) groups is 1. The quantitative estimate of drug-likeness (QED) is 0.0921. The van der Waals surface area contributed by atoms with Crippen LogP contribution in [0.3, 0.4) is 0 Å². The highest BCUT2D eigenvalue weighted by Crippen LogP contribution is 2.17. The van der Waals surface area contributed by atoms with E-state index in [9.17, 15) is 9.59 Å². The van der Waals surface area contributed by atoms with E-state index in [0.29, 0.717) is 6.42 Å². The zero-order chi connectivity index (χ0) is 22.4. The van der Waals surface area contributed by atoms with Gasteiger partial charge in [0.2, 0.25) is 6.79 Å². The van der Waals surface area contributed by atoms with E-state index in [-0.39, 0.29) is 11.9 Å². The molecule has 1 rings (SSSR count). The van der Waals surface area contributed by atoms with Crippen LogP contribution in [0.2, 0.25) is 0 Å². The molecule has 0 saturated heterocycles. The van der Waals surface area contributed by atoms with E-state index in [0.717, 1.165) is 24.2 Å². The summed E-state index contributed by atoms with van der Waals surface area (Å²) in [6, 6.07) is 9.61. The Balaban J connectivity index is 1.82. The third kappa shape index (κ3) is 17.7. The highest BCUT2D eigenvalue weighted by molar-refractivity contribution is 7.99. The molecule has 5 nitrogen and oxygen atoms in total. The van der Waals surface area contributed by atoms with Crippen LogP contribution in [0.15, 0.2) is 35.2 Å². The van der Waals surface area contributed by atoms with Crippen molar-refractivity contribution < 1.29 is 23.8 Å². The van der Waals surface area contributed by atoms with Crippen molar-refractivity contribution in [2.45, 2.75) is 102 Å². The maximum Gasteiger partial charge on any atom is 0.512 e. The Labute approximate surface area is 192 Å². The molecule has 0 radical (unpaired) electrons. The zero-order valence-electron chi connectivity index (χ0n) is 19.1. The van der Waals surface area contributed by atoms with Crippen LogP contribution in [-0.2, 0) is 19.0 Å². The van der Waals surface area contributed by atoms with Crippen molar-refractivity contribution in [3.05, 3.63) is 30.3 Å². The molecule has 0 bridgehead atoms. The Bertz CT molecular complexity index is 564. The number of unbranched alkanes of at least 4 members (excludes halogenated alkanes) is 12. The highest BCUT2D eigenvalue weighted by atomic mass is 32.2. The summed E-state index contributed by atoms with van der Waals surface area (Å²) < 4.78 is 14.6. The van der Waals surface area contributed by atoms with Crippen LogP contribution in [0.5, 0.6) is 0 Å². The normalized spacial score (nSPS) is 10.6. The summed E-state index contributed by atoms with van der Waals surface area (Å²) in [5.41, 5.74) is 0. The maximum absolute atomic E-state index is 11.7. The fraction of sp³-hybridized carbons (Fsp3) is 0.680. The maximum atomic E-state index is 11.7. The third-order valence-corrected chi connectivity index (χ3v) is 5.87. The molecular weight excluding hydrogens is 412 g/mol. The molecule has 0 unspecified atom stereocenters. The van der Waals surface area contributed by atoms with E-state index in [2.05, 4.69) is 6.92 Å². The fourth-order valence-corrected chi connectivity index (χ4v) is 3.85. The number of carbonyl (C=O) groups excluding carboxylic acids is 2. The minimum absolute atomic E-state index is 0.149. The predicted molar refractivity (Wildman–Crippen MR) is 126 cm³/mol. The Morgan fingerprint density at radius 3 is 1.84 bits per heavy atom. The topological polar surface area (TPSA) is 61.8 Å². The molecule has 0 aliphatic rings. The average molecular weight is 453 g/mol. The first-order valence-corrected chi connectivity index (χ1v) is 12.8. The van der Waals surface area contributed by atoms with Gasteiger partial charge in [-0.3, -0.25) is 4.79 Å². The van der Waals surface area contributed by atoms with Crippen LogP contribution in [0, 0.1) is 0 Å². The van der Waals surface area contributed by atoms with E-state index in [1.165, 1.54) is 76.0 Å². The lowest BCUT2D eigenvalue weighted by Gasteiger charge is -2.07. The van der Waals surface area contributed by atoms with Crippen molar-refractivity contribution >= 4 is 23.9 Å². The smallest absolute Gasteiger partial charge is 0.428 e. The number of ether oxygens (including phenoxy) is 3. The molecule has 176 valence electrons. The van der Waals surface area contributed by atoms with Gasteiger partial charge in [-0.15, -0.1) is 0 Å². The summed E-state index contributed by atoms with van der Waals surface area (Å²) in [5, 5.41) is 0. The van der Waals surface area contributed by atoms with Crippen LogP contribution >= 0.6 is 11.8 Å². The predicted octanol–water partition coefficient (Wildman–Crippen LogP) is 7.87. The Morgan fingerprint density at radius 2 is 1.26 bits per heavy atom. The van der Waals surface area contributed by atoms with Crippen molar-refractivity contribution in [1.82, 2.24) is 0 Å². The van der Waals surface area contributed by atoms with Gasteiger partial charge in [-0.1, -0.05) is 114 Å². The lowest BCUT2D eigenvalue weighted by molar-refractivity contribution is -0.153. The molecule has 0 fully saturated rings. The van der Waals surface area contributed by atoms with Crippen molar-refractivity contribution in [1.29, 1.82) is 0 Å². The number of carbonyl (C=O) groups is 2. The van der Waals surface area contributed by atoms with Gasteiger partial charge in [0.1, 0.15) is 5.94 Å². The molecule has 0 atom stereocenters. The summed E-state index contributed by atoms with van der Waals surface area (Å²) >= 11 is 1.38. The number of esters is 1. The number of benzene rings is 1. The second-order valence-corrected chi connectivity index (χ2v) is 8.74. The summed E-state index contributed by atoms with van der Waals surface area (Å²) in [6.07, 6.45) is 16.0. The number of hydrogen-bond acceptors (Lipinski definition) is 6. The molecule has 31 heavy (non-hydrogen) atoms. The van der Waals surface area contributed by atoms with Gasteiger partial charge in [-0.2, -0.15) is 0 Å². The molecule has 0 aliphatic heterocycles. The van der Waals surface area contributed by atoms with Crippen LogP contribution in [0.4, 0.5) is 4.79 Å². The van der Waals surface area contributed by atoms with Gasteiger partial charge in [0.15, 0.2) is 0 Å². The molecule has 0 heterocycles. The largest absolute Gasteiger partial charge is 0.512 e. The van der Waals surface area contributed by atoms with E-state index in [1.54, 1.807) is 0 Å².